The number of hydrogen-bond acceptors (Lipinski definition) is 4. The van der Waals surface area contributed by atoms with E-state index in [1.165, 1.54) is 27.5 Å². The van der Waals surface area contributed by atoms with Gasteiger partial charge in [-0.1, -0.05) is 56.3 Å². The maximum Gasteiger partial charge on any atom is 0.109 e. The first-order valence-electron chi connectivity index (χ1n) is 13.0. The van der Waals surface area contributed by atoms with Crippen LogP contribution in [0.4, 0.5) is 0 Å². The van der Waals surface area contributed by atoms with Crippen LogP contribution in [0, 0.1) is 0 Å². The van der Waals surface area contributed by atoms with Gasteiger partial charge in [-0.05, 0) is 71.8 Å². The van der Waals surface area contributed by atoms with Crippen molar-refractivity contribution in [1.29, 1.82) is 0 Å². The van der Waals surface area contributed by atoms with Gasteiger partial charge in [-0.15, -0.1) is 0 Å². The van der Waals surface area contributed by atoms with E-state index in [4.69, 9.17) is 4.98 Å². The lowest BCUT2D eigenvalue weighted by atomic mass is 9.95. The molecule has 0 radical (unpaired) electrons. The summed E-state index contributed by atoms with van der Waals surface area (Å²) >= 11 is 0. The van der Waals surface area contributed by atoms with E-state index in [9.17, 15) is 0 Å². The van der Waals surface area contributed by atoms with Crippen molar-refractivity contribution in [3.8, 4) is 11.1 Å². The topological polar surface area (TPSA) is 66.5 Å². The molecule has 0 aliphatic rings. The maximum atomic E-state index is 4.91. The lowest BCUT2D eigenvalue weighted by Crippen LogP contribution is -2.20. The first-order valence-corrected chi connectivity index (χ1v) is 13.0. The summed E-state index contributed by atoms with van der Waals surface area (Å²) < 4.78 is 0. The Morgan fingerprint density at radius 2 is 1.49 bits per heavy atom. The molecule has 2 aromatic heterocycles. The second-order valence-electron chi connectivity index (χ2n) is 10.4. The summed E-state index contributed by atoms with van der Waals surface area (Å²) in [7, 11) is 0. The largest absolute Gasteiger partial charge is 0.383 e. The second kappa shape index (κ2) is 9.00. The number of aromatic amines is 1. The molecule has 4 aromatic carbocycles. The van der Waals surface area contributed by atoms with Crippen LogP contribution >= 0.6 is 0 Å². The average Bonchev–Trinajstić information content (AvgIpc) is 3.37. The first-order chi connectivity index (χ1) is 17.9. The van der Waals surface area contributed by atoms with Gasteiger partial charge in [0.2, 0.25) is 0 Å². The fourth-order valence-electron chi connectivity index (χ4n) is 5.18. The van der Waals surface area contributed by atoms with Gasteiger partial charge < -0.3 is 10.3 Å². The molecule has 0 saturated carbocycles. The fraction of sp³-hybridized carbons (Fsp3) is 0.219. The third-order valence-corrected chi connectivity index (χ3v) is 7.05. The third kappa shape index (κ3) is 4.01. The van der Waals surface area contributed by atoms with Gasteiger partial charge in [0, 0.05) is 33.8 Å². The molecule has 5 nitrogen and oxygen atoms in total. The fourth-order valence-corrected chi connectivity index (χ4v) is 5.18. The van der Waals surface area contributed by atoms with E-state index in [1.54, 1.807) is 0 Å². The first kappa shape index (κ1) is 23.2. The zero-order chi connectivity index (χ0) is 25.7. The van der Waals surface area contributed by atoms with E-state index in [2.05, 4.69) is 116 Å². The van der Waals surface area contributed by atoms with Crippen LogP contribution in [0.5, 0.6) is 0 Å². The number of rotatable bonds is 5. The monoisotopic (exact) mass is 485 g/mol. The smallest absolute Gasteiger partial charge is 0.109 e. The predicted octanol–water partition coefficient (Wildman–Crippen LogP) is 7.96. The highest BCUT2D eigenvalue weighted by Crippen LogP contribution is 2.37. The Bertz CT molecular complexity index is 1820. The Hall–Kier alpha value is -4.25. The standard InChI is InChI=1S/C32H31N5/c1-6-29(35-19(4)5)24-10-9-20-13-21(7-8-22(20)14-24)23-11-12-25-26(15-23)27-16-33-34-17-28(27)31-30(25)36-32(37-31)18(2)3/h6-19,35H,1-5H3,(H,36,37)/b29-6-. The molecule has 0 spiro atoms. The molecule has 0 fully saturated rings. The van der Waals surface area contributed by atoms with Crippen LogP contribution in [0.1, 0.15) is 51.9 Å². The summed E-state index contributed by atoms with van der Waals surface area (Å²) in [6.07, 6.45) is 5.83. The molecular weight excluding hydrogens is 454 g/mol. The normalized spacial score (nSPS) is 12.6. The molecule has 0 aliphatic carbocycles. The summed E-state index contributed by atoms with van der Waals surface area (Å²) in [6, 6.07) is 20.5. The Balaban J connectivity index is 1.49. The van der Waals surface area contributed by atoms with E-state index < -0.39 is 0 Å². The summed E-state index contributed by atoms with van der Waals surface area (Å²) in [4.78, 5) is 8.49. The molecule has 0 bridgehead atoms. The molecular formula is C32H31N5. The van der Waals surface area contributed by atoms with Gasteiger partial charge in [0.05, 0.1) is 23.4 Å². The van der Waals surface area contributed by atoms with Crippen molar-refractivity contribution >= 4 is 49.0 Å². The zero-order valence-electron chi connectivity index (χ0n) is 21.9. The lowest BCUT2D eigenvalue weighted by molar-refractivity contribution is 0.716. The van der Waals surface area contributed by atoms with Crippen molar-refractivity contribution in [2.45, 2.75) is 46.6 Å². The van der Waals surface area contributed by atoms with Gasteiger partial charge in [0.15, 0.2) is 0 Å². The highest BCUT2D eigenvalue weighted by molar-refractivity contribution is 6.23. The Morgan fingerprint density at radius 3 is 2.24 bits per heavy atom. The van der Waals surface area contributed by atoms with Gasteiger partial charge >= 0.3 is 0 Å². The number of imidazole rings is 1. The zero-order valence-corrected chi connectivity index (χ0v) is 21.9. The SMILES string of the molecule is C/C=C(\NC(C)C)c1ccc2cc(-c3ccc4c(c3)c3cnncc3c3nc(C(C)C)[nH]c43)ccc2c1. The molecule has 6 aromatic rings. The summed E-state index contributed by atoms with van der Waals surface area (Å²) in [5.41, 5.74) is 6.76. The van der Waals surface area contributed by atoms with Gasteiger partial charge in [-0.25, -0.2) is 4.98 Å². The molecule has 0 aliphatic heterocycles. The molecule has 2 N–H and O–H groups in total. The number of H-pyrrole nitrogens is 1. The average molecular weight is 486 g/mol. The minimum absolute atomic E-state index is 0.315. The molecule has 37 heavy (non-hydrogen) atoms. The highest BCUT2D eigenvalue weighted by Gasteiger charge is 2.16. The van der Waals surface area contributed by atoms with E-state index in [-0.39, 0.29) is 0 Å². The number of nitrogens with zero attached hydrogens (tertiary/aromatic N) is 3. The lowest BCUT2D eigenvalue weighted by Gasteiger charge is -2.15. The third-order valence-electron chi connectivity index (χ3n) is 7.05. The maximum absolute atomic E-state index is 4.91. The molecule has 0 saturated heterocycles. The Kier molecular flexibility index (Phi) is 5.64. The quantitative estimate of drug-likeness (QED) is 0.243. The van der Waals surface area contributed by atoms with Gasteiger partial charge in [0.1, 0.15) is 5.82 Å². The minimum Gasteiger partial charge on any atom is -0.383 e. The van der Waals surface area contributed by atoms with Crippen LogP contribution in [0.25, 0.3) is 60.2 Å². The van der Waals surface area contributed by atoms with Gasteiger partial charge in [-0.3, -0.25) is 0 Å². The van der Waals surface area contributed by atoms with Gasteiger partial charge in [-0.2, -0.15) is 10.2 Å². The van der Waals surface area contributed by atoms with E-state index in [0.29, 0.717) is 12.0 Å². The number of aromatic nitrogens is 4. The summed E-state index contributed by atoms with van der Waals surface area (Å²) in [6.45, 7) is 10.7. The predicted molar refractivity (Wildman–Crippen MR) is 156 cm³/mol. The highest BCUT2D eigenvalue weighted by atomic mass is 15.1. The van der Waals surface area contributed by atoms with Crippen molar-refractivity contribution in [2.75, 3.05) is 0 Å². The summed E-state index contributed by atoms with van der Waals surface area (Å²) in [5.74, 6) is 1.30. The molecule has 0 unspecified atom stereocenters. The van der Waals surface area contributed by atoms with Gasteiger partial charge in [0.25, 0.3) is 0 Å². The van der Waals surface area contributed by atoms with Crippen LogP contribution in [0.15, 0.2) is 73.1 Å². The Morgan fingerprint density at radius 1 is 0.784 bits per heavy atom. The number of allylic oxidation sites excluding steroid dienone is 1. The van der Waals surface area contributed by atoms with Crippen LogP contribution in [0.2, 0.25) is 0 Å². The molecule has 6 rings (SSSR count). The van der Waals surface area contributed by atoms with E-state index in [0.717, 1.165) is 44.1 Å². The van der Waals surface area contributed by atoms with E-state index >= 15 is 0 Å². The molecule has 184 valence electrons. The van der Waals surface area contributed by atoms with Crippen molar-refractivity contribution in [1.82, 2.24) is 25.5 Å². The van der Waals surface area contributed by atoms with Crippen LogP contribution in [-0.4, -0.2) is 26.2 Å². The second-order valence-corrected chi connectivity index (χ2v) is 10.4. The number of hydrogen-bond donors (Lipinski definition) is 2. The van der Waals surface area contributed by atoms with Crippen LogP contribution in [0.3, 0.4) is 0 Å². The Labute approximate surface area is 216 Å². The molecule has 0 amide bonds. The number of fused-ring (bicyclic) bond motifs is 7. The molecule has 2 heterocycles. The molecule has 0 atom stereocenters. The number of benzene rings is 4. The van der Waals surface area contributed by atoms with E-state index in [1.807, 2.05) is 12.4 Å². The van der Waals surface area contributed by atoms with Crippen LogP contribution in [-0.2, 0) is 0 Å². The number of nitrogens with one attached hydrogen (secondary N) is 2. The van der Waals surface area contributed by atoms with Crippen LogP contribution < -0.4 is 5.32 Å². The molecule has 5 heteroatoms. The van der Waals surface area contributed by atoms with Crippen molar-refractivity contribution < 1.29 is 0 Å². The van der Waals surface area contributed by atoms with Crippen molar-refractivity contribution in [3.05, 3.63) is 84.5 Å². The van der Waals surface area contributed by atoms with Crippen molar-refractivity contribution in [2.24, 2.45) is 0 Å². The minimum atomic E-state index is 0.315. The summed E-state index contributed by atoms with van der Waals surface area (Å²) in [5, 5.41) is 18.8. The van der Waals surface area contributed by atoms with Crippen molar-refractivity contribution in [3.63, 3.8) is 0 Å².